The minimum absolute atomic E-state index is 0.0509. The van der Waals surface area contributed by atoms with Gasteiger partial charge in [-0.2, -0.15) is 0 Å². The molecule has 36 heavy (non-hydrogen) atoms. The van der Waals surface area contributed by atoms with Crippen LogP contribution in [0.2, 0.25) is 5.02 Å². The smallest absolute Gasteiger partial charge is 0.0640 e. The lowest BCUT2D eigenvalue weighted by Gasteiger charge is -2.28. The molecule has 0 radical (unpaired) electrons. The zero-order chi connectivity index (χ0) is 24.4. The minimum atomic E-state index is -0.0509. The SMILES string of the molecule is CC1(C)c2ccccc2-c2ccc(N(c3ccccc3)c3cccc4c3sc3cc(Cl)ccc34)cc21. The molecule has 0 saturated carbocycles. The molecule has 0 saturated heterocycles. The Kier molecular flexibility index (Phi) is 4.79. The normalized spacial score (nSPS) is 13.6. The van der Waals surface area contributed by atoms with Crippen molar-refractivity contribution in [3.63, 3.8) is 0 Å². The Bertz CT molecular complexity index is 1780. The third-order valence-electron chi connectivity index (χ3n) is 7.52. The Morgan fingerprint density at radius 1 is 0.639 bits per heavy atom. The summed E-state index contributed by atoms with van der Waals surface area (Å²) in [4.78, 5) is 2.40. The maximum atomic E-state index is 6.36. The van der Waals surface area contributed by atoms with Gasteiger partial charge >= 0.3 is 0 Å². The molecule has 0 unspecified atom stereocenters. The second kappa shape index (κ2) is 7.96. The molecule has 1 aliphatic carbocycles. The van der Waals surface area contributed by atoms with Gasteiger partial charge in [-0.1, -0.05) is 92.2 Å². The third kappa shape index (κ3) is 3.15. The number of rotatable bonds is 3. The predicted octanol–water partition coefficient (Wildman–Crippen LogP) is 10.5. The van der Waals surface area contributed by atoms with Gasteiger partial charge in [-0.15, -0.1) is 11.3 Å². The van der Waals surface area contributed by atoms with Crippen LogP contribution in [-0.2, 0) is 5.41 Å². The summed E-state index contributed by atoms with van der Waals surface area (Å²) in [6, 6.07) is 39.3. The predicted molar refractivity (Wildman–Crippen MR) is 157 cm³/mol. The van der Waals surface area contributed by atoms with E-state index in [0.29, 0.717) is 0 Å². The van der Waals surface area contributed by atoms with Gasteiger partial charge in [0.2, 0.25) is 0 Å². The van der Waals surface area contributed by atoms with E-state index in [2.05, 4.69) is 122 Å². The Morgan fingerprint density at radius 2 is 1.42 bits per heavy atom. The highest BCUT2D eigenvalue weighted by atomic mass is 35.5. The van der Waals surface area contributed by atoms with Crippen LogP contribution in [0.1, 0.15) is 25.0 Å². The number of nitrogens with zero attached hydrogens (tertiary/aromatic N) is 1. The fourth-order valence-electron chi connectivity index (χ4n) is 5.77. The lowest BCUT2D eigenvalue weighted by molar-refractivity contribution is 0.660. The maximum absolute atomic E-state index is 6.36. The summed E-state index contributed by atoms with van der Waals surface area (Å²) < 4.78 is 2.48. The number of thiophene rings is 1. The maximum Gasteiger partial charge on any atom is 0.0640 e. The van der Waals surface area contributed by atoms with E-state index in [-0.39, 0.29) is 5.41 Å². The van der Waals surface area contributed by atoms with Crippen molar-refractivity contribution in [2.75, 3.05) is 4.90 Å². The molecule has 0 N–H and O–H groups in total. The van der Waals surface area contributed by atoms with Gasteiger partial charge < -0.3 is 4.90 Å². The van der Waals surface area contributed by atoms with Crippen molar-refractivity contribution in [2.24, 2.45) is 0 Å². The van der Waals surface area contributed by atoms with Crippen molar-refractivity contribution in [2.45, 2.75) is 19.3 Å². The summed E-state index contributed by atoms with van der Waals surface area (Å²) in [5.74, 6) is 0. The molecule has 0 atom stereocenters. The van der Waals surface area contributed by atoms with Crippen LogP contribution in [0.15, 0.2) is 109 Å². The lowest BCUT2D eigenvalue weighted by Crippen LogP contribution is -2.16. The van der Waals surface area contributed by atoms with E-state index in [1.165, 1.54) is 53.8 Å². The average molecular weight is 502 g/mol. The Hall–Kier alpha value is -3.59. The first-order chi connectivity index (χ1) is 17.5. The van der Waals surface area contributed by atoms with E-state index in [1.807, 2.05) is 17.4 Å². The molecular formula is C33H24ClNS. The summed E-state index contributed by atoms with van der Waals surface area (Å²) in [7, 11) is 0. The number of halogens is 1. The van der Waals surface area contributed by atoms with E-state index in [9.17, 15) is 0 Å². The van der Waals surface area contributed by atoms with E-state index in [0.717, 1.165) is 10.7 Å². The number of fused-ring (bicyclic) bond motifs is 6. The fraction of sp³-hybridized carbons (Fsp3) is 0.0909. The van der Waals surface area contributed by atoms with Crippen molar-refractivity contribution < 1.29 is 0 Å². The van der Waals surface area contributed by atoms with Crippen molar-refractivity contribution in [1.29, 1.82) is 0 Å². The number of hydrogen-bond acceptors (Lipinski definition) is 2. The van der Waals surface area contributed by atoms with E-state index >= 15 is 0 Å². The van der Waals surface area contributed by atoms with Gasteiger partial charge in [0.1, 0.15) is 0 Å². The van der Waals surface area contributed by atoms with Crippen molar-refractivity contribution in [3.05, 3.63) is 125 Å². The second-order valence-corrected chi connectivity index (χ2v) is 11.5. The summed E-state index contributed by atoms with van der Waals surface area (Å²) in [6.45, 7) is 4.68. The Labute approximate surface area is 220 Å². The molecule has 5 aromatic carbocycles. The standard InChI is InChI=1S/C33H24ClNS/c1-33(2)28-13-7-6-11-24(28)25-18-16-23(20-29(25)33)35(22-9-4-3-5-10-22)30-14-8-12-27-26-17-15-21(34)19-31(26)36-32(27)30/h3-20H,1-2H3. The van der Waals surface area contributed by atoms with Crippen LogP contribution in [-0.4, -0.2) is 0 Å². The summed E-state index contributed by atoms with van der Waals surface area (Å²) >= 11 is 8.16. The van der Waals surface area contributed by atoms with Gasteiger partial charge in [-0.3, -0.25) is 0 Å². The molecule has 0 fully saturated rings. The number of hydrogen-bond donors (Lipinski definition) is 0. The van der Waals surface area contributed by atoms with Gasteiger partial charge in [-0.05, 0) is 64.7 Å². The molecule has 0 aliphatic heterocycles. The lowest BCUT2D eigenvalue weighted by atomic mass is 9.82. The first-order valence-corrected chi connectivity index (χ1v) is 13.4. The molecule has 0 spiro atoms. The second-order valence-electron chi connectivity index (χ2n) is 9.97. The van der Waals surface area contributed by atoms with Crippen molar-refractivity contribution in [1.82, 2.24) is 0 Å². The van der Waals surface area contributed by atoms with Crippen LogP contribution in [0, 0.1) is 0 Å². The molecule has 3 heteroatoms. The minimum Gasteiger partial charge on any atom is -0.309 e. The average Bonchev–Trinajstić information content (AvgIpc) is 3.38. The van der Waals surface area contributed by atoms with Crippen LogP contribution in [0.25, 0.3) is 31.3 Å². The molecule has 1 aromatic heterocycles. The van der Waals surface area contributed by atoms with Gasteiger partial charge in [0, 0.05) is 37.3 Å². The summed E-state index contributed by atoms with van der Waals surface area (Å²) in [6.07, 6.45) is 0. The molecule has 6 aromatic rings. The molecule has 1 heterocycles. The molecule has 7 rings (SSSR count). The summed E-state index contributed by atoms with van der Waals surface area (Å²) in [5, 5.41) is 3.29. The Morgan fingerprint density at radius 3 is 2.28 bits per heavy atom. The van der Waals surface area contributed by atoms with Gasteiger partial charge in [-0.25, -0.2) is 0 Å². The van der Waals surface area contributed by atoms with Gasteiger partial charge in [0.05, 0.1) is 10.4 Å². The van der Waals surface area contributed by atoms with E-state index in [4.69, 9.17) is 11.6 Å². The van der Waals surface area contributed by atoms with Crippen LogP contribution in [0.3, 0.4) is 0 Å². The zero-order valence-corrected chi connectivity index (χ0v) is 21.7. The van der Waals surface area contributed by atoms with Crippen LogP contribution in [0.5, 0.6) is 0 Å². The highest BCUT2D eigenvalue weighted by molar-refractivity contribution is 7.26. The molecule has 1 aliphatic rings. The molecule has 174 valence electrons. The van der Waals surface area contributed by atoms with E-state index in [1.54, 1.807) is 0 Å². The fourth-order valence-corrected chi connectivity index (χ4v) is 7.25. The third-order valence-corrected chi connectivity index (χ3v) is 8.95. The Balaban J connectivity index is 1.48. The number of benzene rings is 5. The molecule has 1 nitrogen and oxygen atoms in total. The number of para-hydroxylation sites is 1. The van der Waals surface area contributed by atoms with Crippen molar-refractivity contribution in [3.8, 4) is 11.1 Å². The van der Waals surface area contributed by atoms with Gasteiger partial charge in [0.25, 0.3) is 0 Å². The monoisotopic (exact) mass is 501 g/mol. The molecule has 0 amide bonds. The summed E-state index contributed by atoms with van der Waals surface area (Å²) in [5.41, 5.74) is 8.90. The first kappa shape index (κ1) is 21.7. The van der Waals surface area contributed by atoms with Gasteiger partial charge in [0.15, 0.2) is 0 Å². The van der Waals surface area contributed by atoms with E-state index < -0.39 is 0 Å². The highest BCUT2D eigenvalue weighted by Gasteiger charge is 2.35. The van der Waals surface area contributed by atoms with Crippen LogP contribution in [0.4, 0.5) is 17.1 Å². The largest absolute Gasteiger partial charge is 0.309 e. The zero-order valence-electron chi connectivity index (χ0n) is 20.1. The van der Waals surface area contributed by atoms with Crippen molar-refractivity contribution >= 4 is 60.2 Å². The van der Waals surface area contributed by atoms with Crippen LogP contribution < -0.4 is 4.90 Å². The quantitative estimate of drug-likeness (QED) is 0.233. The number of anilines is 3. The first-order valence-electron chi connectivity index (χ1n) is 12.2. The topological polar surface area (TPSA) is 3.24 Å². The molecule has 0 bridgehead atoms. The van der Waals surface area contributed by atoms with Crippen LogP contribution >= 0.6 is 22.9 Å². The highest BCUT2D eigenvalue weighted by Crippen LogP contribution is 2.51. The molecular weight excluding hydrogens is 478 g/mol.